The molecule has 0 spiro atoms. The van der Waals surface area contributed by atoms with Crippen molar-refractivity contribution in [3.63, 3.8) is 0 Å². The normalized spacial score (nSPS) is 12.5. The summed E-state index contributed by atoms with van der Waals surface area (Å²) in [5, 5.41) is 2.95. The highest BCUT2D eigenvalue weighted by molar-refractivity contribution is 7.92. The van der Waals surface area contributed by atoms with Crippen LogP contribution in [0.25, 0.3) is 0 Å². The van der Waals surface area contributed by atoms with E-state index in [0.29, 0.717) is 10.7 Å². The highest BCUT2D eigenvalue weighted by atomic mass is 35.5. The number of carbonyl (C=O) groups excluding carboxylic acids is 1. The topological polar surface area (TPSA) is 66.5 Å². The highest BCUT2D eigenvalue weighted by Crippen LogP contribution is 2.23. The third kappa shape index (κ3) is 4.46. The maximum atomic E-state index is 13.2. The number of anilines is 2. The van der Waals surface area contributed by atoms with Crippen LogP contribution >= 0.6 is 11.6 Å². The summed E-state index contributed by atoms with van der Waals surface area (Å²) in [6, 6.07) is 10.4. The Balaban J connectivity index is 2.29. The van der Waals surface area contributed by atoms with Gasteiger partial charge in [0.1, 0.15) is 11.9 Å². The largest absolute Gasteiger partial charge is 0.324 e. The Hall–Kier alpha value is -2.12. The summed E-state index contributed by atoms with van der Waals surface area (Å²) in [6.07, 6.45) is 1.01. The van der Waals surface area contributed by atoms with Gasteiger partial charge in [0, 0.05) is 10.7 Å². The maximum absolute atomic E-state index is 13.2. The number of hydrogen-bond donors (Lipinski definition) is 1. The van der Waals surface area contributed by atoms with Crippen molar-refractivity contribution < 1.29 is 17.6 Å². The van der Waals surface area contributed by atoms with Crippen LogP contribution < -0.4 is 9.62 Å². The lowest BCUT2D eigenvalue weighted by atomic mass is 10.2. The van der Waals surface area contributed by atoms with Gasteiger partial charge in [-0.25, -0.2) is 12.8 Å². The monoisotopic (exact) mass is 370 g/mol. The van der Waals surface area contributed by atoms with Gasteiger partial charge in [-0.05, 0) is 49.4 Å². The minimum atomic E-state index is -3.72. The van der Waals surface area contributed by atoms with E-state index >= 15 is 0 Å². The second-order valence-electron chi connectivity index (χ2n) is 5.21. The molecule has 0 unspecified atom stereocenters. The smallest absolute Gasteiger partial charge is 0.247 e. The van der Waals surface area contributed by atoms with Crippen LogP contribution in [0.2, 0.25) is 5.02 Å². The molecule has 0 heterocycles. The third-order valence-corrected chi connectivity index (χ3v) is 4.76. The van der Waals surface area contributed by atoms with E-state index in [2.05, 4.69) is 5.32 Å². The molecular weight excluding hydrogens is 355 g/mol. The summed E-state index contributed by atoms with van der Waals surface area (Å²) in [6.45, 7) is 1.45. The van der Waals surface area contributed by atoms with Crippen molar-refractivity contribution in [2.24, 2.45) is 0 Å². The molecular formula is C16H16ClFN2O3S. The van der Waals surface area contributed by atoms with E-state index in [-0.39, 0.29) is 5.69 Å². The fourth-order valence-corrected chi connectivity index (χ4v) is 3.51. The lowest BCUT2D eigenvalue weighted by molar-refractivity contribution is -0.116. The molecule has 1 atom stereocenters. The lowest BCUT2D eigenvalue weighted by Crippen LogP contribution is -2.45. The van der Waals surface area contributed by atoms with Crippen molar-refractivity contribution in [2.45, 2.75) is 13.0 Å². The average Bonchev–Trinajstić information content (AvgIpc) is 2.48. The van der Waals surface area contributed by atoms with Crippen LogP contribution in [-0.2, 0) is 14.8 Å². The van der Waals surface area contributed by atoms with Crippen LogP contribution in [0.15, 0.2) is 48.5 Å². The zero-order chi connectivity index (χ0) is 17.9. The summed E-state index contributed by atoms with van der Waals surface area (Å²) >= 11 is 5.81. The van der Waals surface area contributed by atoms with Crippen molar-refractivity contribution in [3.05, 3.63) is 59.4 Å². The van der Waals surface area contributed by atoms with Crippen LogP contribution in [0.3, 0.4) is 0 Å². The van der Waals surface area contributed by atoms with Gasteiger partial charge in [-0.15, -0.1) is 0 Å². The Bertz CT molecular complexity index is 841. The average molecular weight is 371 g/mol. The summed E-state index contributed by atoms with van der Waals surface area (Å²) in [7, 11) is -3.72. The molecule has 0 aliphatic rings. The number of nitrogens with one attached hydrogen (secondary N) is 1. The molecule has 0 aliphatic heterocycles. The minimum absolute atomic E-state index is 0.247. The lowest BCUT2D eigenvalue weighted by Gasteiger charge is -2.28. The van der Waals surface area contributed by atoms with Crippen LogP contribution in [0.5, 0.6) is 0 Å². The molecule has 1 amide bonds. The minimum Gasteiger partial charge on any atom is -0.324 e. The Morgan fingerprint density at radius 2 is 1.83 bits per heavy atom. The summed E-state index contributed by atoms with van der Waals surface area (Å²) in [5.74, 6) is -1.08. The first-order valence-corrected chi connectivity index (χ1v) is 9.22. The number of carbonyl (C=O) groups is 1. The number of sulfonamides is 1. The fourth-order valence-electron chi connectivity index (χ4n) is 2.21. The van der Waals surface area contributed by atoms with Crippen LogP contribution in [0.1, 0.15) is 6.92 Å². The van der Waals surface area contributed by atoms with E-state index < -0.39 is 27.8 Å². The van der Waals surface area contributed by atoms with Crippen LogP contribution in [0, 0.1) is 5.82 Å². The molecule has 2 aromatic rings. The Morgan fingerprint density at radius 3 is 2.38 bits per heavy atom. The van der Waals surface area contributed by atoms with Gasteiger partial charge < -0.3 is 5.32 Å². The van der Waals surface area contributed by atoms with Gasteiger partial charge in [0.05, 0.1) is 11.9 Å². The van der Waals surface area contributed by atoms with Crippen molar-refractivity contribution >= 4 is 38.9 Å². The fraction of sp³-hybridized carbons (Fsp3) is 0.188. The Labute approximate surface area is 145 Å². The van der Waals surface area contributed by atoms with Crippen molar-refractivity contribution in [1.29, 1.82) is 0 Å². The molecule has 0 radical (unpaired) electrons. The molecule has 0 fully saturated rings. The molecule has 128 valence electrons. The standard InChI is InChI=1S/C16H16ClFN2O3S/c1-11(16(21)19-14-5-3-4-13(18)10-14)20(24(2,22)23)15-8-6-12(17)7-9-15/h3-11H,1-2H3,(H,19,21)/t11-/m0/s1. The van der Waals surface area contributed by atoms with Gasteiger partial charge >= 0.3 is 0 Å². The van der Waals surface area contributed by atoms with E-state index in [1.54, 1.807) is 0 Å². The second kappa shape index (κ2) is 7.19. The molecule has 2 rings (SSSR count). The molecule has 24 heavy (non-hydrogen) atoms. The van der Waals surface area contributed by atoms with Crippen molar-refractivity contribution in [3.8, 4) is 0 Å². The van der Waals surface area contributed by atoms with Crippen LogP contribution in [0.4, 0.5) is 15.8 Å². The molecule has 0 saturated heterocycles. The van der Waals surface area contributed by atoms with Crippen molar-refractivity contribution in [2.75, 3.05) is 15.9 Å². The number of rotatable bonds is 5. The first-order chi connectivity index (χ1) is 11.2. The zero-order valence-corrected chi connectivity index (χ0v) is 14.6. The van der Waals surface area contributed by atoms with Crippen LogP contribution in [-0.4, -0.2) is 26.6 Å². The summed E-state index contributed by atoms with van der Waals surface area (Å²) in [4.78, 5) is 12.4. The predicted octanol–water partition coefficient (Wildman–Crippen LogP) is 3.27. The molecule has 0 aliphatic carbocycles. The van der Waals surface area contributed by atoms with Crippen molar-refractivity contribution in [1.82, 2.24) is 0 Å². The number of hydrogen-bond acceptors (Lipinski definition) is 3. The first-order valence-electron chi connectivity index (χ1n) is 7.00. The molecule has 2 aromatic carbocycles. The molecule has 0 bridgehead atoms. The van der Waals surface area contributed by atoms with Gasteiger partial charge in [-0.2, -0.15) is 0 Å². The summed E-state index contributed by atoms with van der Waals surface area (Å²) in [5.41, 5.74) is 0.556. The maximum Gasteiger partial charge on any atom is 0.247 e. The van der Waals surface area contributed by atoms with Gasteiger partial charge in [-0.1, -0.05) is 17.7 Å². The van der Waals surface area contributed by atoms with E-state index in [0.717, 1.165) is 16.6 Å². The molecule has 8 heteroatoms. The summed E-state index contributed by atoms with van der Waals surface area (Å²) < 4.78 is 38.4. The number of nitrogens with zero attached hydrogens (tertiary/aromatic N) is 1. The van der Waals surface area contributed by atoms with E-state index in [4.69, 9.17) is 11.6 Å². The third-order valence-electron chi connectivity index (χ3n) is 3.26. The van der Waals surface area contributed by atoms with E-state index in [1.807, 2.05) is 0 Å². The highest BCUT2D eigenvalue weighted by Gasteiger charge is 2.29. The zero-order valence-electron chi connectivity index (χ0n) is 13.0. The van der Waals surface area contributed by atoms with Gasteiger partial charge in [0.2, 0.25) is 15.9 Å². The quantitative estimate of drug-likeness (QED) is 0.878. The van der Waals surface area contributed by atoms with E-state index in [1.165, 1.54) is 49.4 Å². The molecule has 5 nitrogen and oxygen atoms in total. The molecule has 0 aromatic heterocycles. The first kappa shape index (κ1) is 18.2. The molecule has 1 N–H and O–H groups in total. The number of benzene rings is 2. The number of halogens is 2. The SMILES string of the molecule is C[C@@H](C(=O)Nc1cccc(F)c1)N(c1ccc(Cl)cc1)S(C)(=O)=O. The molecule has 0 saturated carbocycles. The number of amides is 1. The van der Waals surface area contributed by atoms with Gasteiger partial charge in [0.25, 0.3) is 0 Å². The Kier molecular flexibility index (Phi) is 5.46. The van der Waals surface area contributed by atoms with E-state index in [9.17, 15) is 17.6 Å². The van der Waals surface area contributed by atoms with Gasteiger partial charge in [0.15, 0.2) is 0 Å². The predicted molar refractivity (Wildman–Crippen MR) is 93.3 cm³/mol. The Morgan fingerprint density at radius 1 is 1.21 bits per heavy atom. The second-order valence-corrected chi connectivity index (χ2v) is 7.51. The van der Waals surface area contributed by atoms with Gasteiger partial charge in [-0.3, -0.25) is 9.10 Å².